The quantitative estimate of drug-likeness (QED) is 0.867. The molecule has 2 nitrogen and oxygen atoms in total. The molecule has 2 N–H and O–H groups in total. The fourth-order valence-electron chi connectivity index (χ4n) is 1.96. The number of hydrogen-bond acceptors (Lipinski definition) is 2. The Morgan fingerprint density at radius 3 is 2.60 bits per heavy atom. The molecule has 2 aromatic carbocycles. The molecule has 0 aliphatic heterocycles. The first-order valence-corrected chi connectivity index (χ1v) is 7.59. The Hall–Kier alpha value is -1.32. The van der Waals surface area contributed by atoms with Crippen molar-refractivity contribution in [2.24, 2.45) is 5.73 Å². The zero-order valence-electron chi connectivity index (χ0n) is 11.9. The molecular formula is C17H20BrNO. The fraction of sp³-hybridized carbons (Fsp3) is 0.294. The molecule has 0 saturated carbocycles. The SMILES string of the molecule is CC(C)c1cccc(OCc2ccc(CN)cc2Br)c1. The minimum atomic E-state index is 0.508. The molecule has 0 aliphatic carbocycles. The van der Waals surface area contributed by atoms with Crippen molar-refractivity contribution in [3.05, 3.63) is 63.6 Å². The average Bonchev–Trinajstić information content (AvgIpc) is 2.46. The van der Waals surface area contributed by atoms with Gasteiger partial charge in [0.15, 0.2) is 0 Å². The molecule has 0 amide bonds. The van der Waals surface area contributed by atoms with E-state index in [4.69, 9.17) is 10.5 Å². The minimum absolute atomic E-state index is 0.508. The summed E-state index contributed by atoms with van der Waals surface area (Å²) in [5.41, 5.74) is 9.15. The van der Waals surface area contributed by atoms with Crippen LogP contribution in [0.15, 0.2) is 46.9 Å². The van der Waals surface area contributed by atoms with Gasteiger partial charge in [0.2, 0.25) is 0 Å². The van der Waals surface area contributed by atoms with Gasteiger partial charge < -0.3 is 10.5 Å². The second-order valence-electron chi connectivity index (χ2n) is 5.15. The molecule has 0 fully saturated rings. The van der Waals surface area contributed by atoms with Crippen molar-refractivity contribution in [2.75, 3.05) is 0 Å². The largest absolute Gasteiger partial charge is 0.489 e. The number of halogens is 1. The van der Waals surface area contributed by atoms with Crippen molar-refractivity contribution in [1.82, 2.24) is 0 Å². The first-order valence-electron chi connectivity index (χ1n) is 6.80. The van der Waals surface area contributed by atoms with E-state index in [1.54, 1.807) is 0 Å². The highest BCUT2D eigenvalue weighted by Gasteiger charge is 2.04. The summed E-state index contributed by atoms with van der Waals surface area (Å²) >= 11 is 3.56. The second kappa shape index (κ2) is 6.91. The van der Waals surface area contributed by atoms with E-state index < -0.39 is 0 Å². The summed E-state index contributed by atoms with van der Waals surface area (Å²) in [4.78, 5) is 0. The average molecular weight is 334 g/mol. The van der Waals surface area contributed by atoms with E-state index in [-0.39, 0.29) is 0 Å². The summed E-state index contributed by atoms with van der Waals surface area (Å²) in [5, 5.41) is 0. The predicted molar refractivity (Wildman–Crippen MR) is 86.9 cm³/mol. The lowest BCUT2D eigenvalue weighted by molar-refractivity contribution is 0.305. The Morgan fingerprint density at radius 2 is 1.95 bits per heavy atom. The second-order valence-corrected chi connectivity index (χ2v) is 6.00. The van der Waals surface area contributed by atoms with E-state index in [2.05, 4.69) is 48.0 Å². The van der Waals surface area contributed by atoms with Gasteiger partial charge in [0, 0.05) is 16.6 Å². The van der Waals surface area contributed by atoms with Crippen LogP contribution in [0.3, 0.4) is 0 Å². The van der Waals surface area contributed by atoms with Gasteiger partial charge in [-0.15, -0.1) is 0 Å². The van der Waals surface area contributed by atoms with E-state index in [1.165, 1.54) is 5.56 Å². The third-order valence-electron chi connectivity index (χ3n) is 3.27. The lowest BCUT2D eigenvalue weighted by Gasteiger charge is -2.11. The van der Waals surface area contributed by atoms with Crippen LogP contribution >= 0.6 is 15.9 Å². The number of ether oxygens (including phenoxy) is 1. The number of hydrogen-bond donors (Lipinski definition) is 1. The van der Waals surface area contributed by atoms with Gasteiger partial charge in [-0.1, -0.05) is 54.0 Å². The molecular weight excluding hydrogens is 314 g/mol. The summed E-state index contributed by atoms with van der Waals surface area (Å²) in [7, 11) is 0. The zero-order chi connectivity index (χ0) is 14.5. The first kappa shape index (κ1) is 15.1. The standard InChI is InChI=1S/C17H20BrNO/c1-12(2)14-4-3-5-16(9-14)20-11-15-7-6-13(10-19)8-17(15)18/h3-9,12H,10-11,19H2,1-2H3. The Labute approximate surface area is 129 Å². The van der Waals surface area contributed by atoms with Crippen molar-refractivity contribution in [1.29, 1.82) is 0 Å². The predicted octanol–water partition coefficient (Wildman–Crippen LogP) is 4.61. The van der Waals surface area contributed by atoms with Crippen molar-refractivity contribution in [3.8, 4) is 5.75 Å². The Morgan fingerprint density at radius 1 is 1.15 bits per heavy atom. The van der Waals surface area contributed by atoms with Crippen LogP contribution in [0.25, 0.3) is 0 Å². The van der Waals surface area contributed by atoms with Gasteiger partial charge in [-0.05, 0) is 35.2 Å². The van der Waals surface area contributed by atoms with Crippen LogP contribution in [0.2, 0.25) is 0 Å². The maximum atomic E-state index is 5.88. The fourth-order valence-corrected chi connectivity index (χ4v) is 2.50. The highest BCUT2D eigenvalue weighted by atomic mass is 79.9. The van der Waals surface area contributed by atoms with Gasteiger partial charge in [0.25, 0.3) is 0 Å². The van der Waals surface area contributed by atoms with Crippen molar-refractivity contribution < 1.29 is 4.74 Å². The first-order chi connectivity index (χ1) is 9.60. The van der Waals surface area contributed by atoms with Crippen LogP contribution in [0, 0.1) is 0 Å². The van der Waals surface area contributed by atoms with E-state index >= 15 is 0 Å². The van der Waals surface area contributed by atoms with Crippen molar-refractivity contribution in [2.45, 2.75) is 32.9 Å². The van der Waals surface area contributed by atoms with Crippen LogP contribution in [-0.4, -0.2) is 0 Å². The van der Waals surface area contributed by atoms with Crippen LogP contribution in [0.4, 0.5) is 0 Å². The monoisotopic (exact) mass is 333 g/mol. The highest BCUT2D eigenvalue weighted by molar-refractivity contribution is 9.10. The van der Waals surface area contributed by atoms with Crippen LogP contribution in [0.5, 0.6) is 5.75 Å². The van der Waals surface area contributed by atoms with Crippen molar-refractivity contribution in [3.63, 3.8) is 0 Å². The summed E-state index contributed by atoms with van der Waals surface area (Å²) in [6.45, 7) is 5.46. The van der Waals surface area contributed by atoms with Gasteiger partial charge in [-0.25, -0.2) is 0 Å². The van der Waals surface area contributed by atoms with Gasteiger partial charge in [-0.3, -0.25) is 0 Å². The molecule has 2 aromatic rings. The Balaban J connectivity index is 2.07. The van der Waals surface area contributed by atoms with Gasteiger partial charge in [0.1, 0.15) is 12.4 Å². The number of rotatable bonds is 5. The third-order valence-corrected chi connectivity index (χ3v) is 4.01. The molecule has 2 rings (SSSR count). The molecule has 0 aliphatic rings. The van der Waals surface area contributed by atoms with Gasteiger partial charge >= 0.3 is 0 Å². The van der Waals surface area contributed by atoms with Crippen LogP contribution in [-0.2, 0) is 13.2 Å². The summed E-state index contributed by atoms with van der Waals surface area (Å²) in [6, 6.07) is 14.4. The van der Waals surface area contributed by atoms with Gasteiger partial charge in [-0.2, -0.15) is 0 Å². The maximum absolute atomic E-state index is 5.88. The Kier molecular flexibility index (Phi) is 5.21. The molecule has 0 saturated heterocycles. The number of nitrogens with two attached hydrogens (primary N) is 1. The molecule has 0 unspecified atom stereocenters. The topological polar surface area (TPSA) is 35.2 Å². The summed E-state index contributed by atoms with van der Waals surface area (Å²) in [5.74, 6) is 1.42. The zero-order valence-corrected chi connectivity index (χ0v) is 13.5. The molecule has 0 radical (unpaired) electrons. The maximum Gasteiger partial charge on any atom is 0.120 e. The molecule has 0 spiro atoms. The molecule has 0 heterocycles. The van der Waals surface area contributed by atoms with E-state index in [0.717, 1.165) is 21.3 Å². The lowest BCUT2D eigenvalue weighted by atomic mass is 10.0. The minimum Gasteiger partial charge on any atom is -0.489 e. The number of benzene rings is 2. The summed E-state index contributed by atoms with van der Waals surface area (Å²) in [6.07, 6.45) is 0. The molecule has 0 aromatic heterocycles. The smallest absolute Gasteiger partial charge is 0.120 e. The van der Waals surface area contributed by atoms with Crippen LogP contribution in [0.1, 0.15) is 36.5 Å². The van der Waals surface area contributed by atoms with E-state index in [1.807, 2.05) is 24.3 Å². The normalized spacial score (nSPS) is 10.8. The molecule has 0 atom stereocenters. The Bertz CT molecular complexity index is 581. The molecule has 3 heteroatoms. The van der Waals surface area contributed by atoms with Crippen molar-refractivity contribution >= 4 is 15.9 Å². The highest BCUT2D eigenvalue weighted by Crippen LogP contribution is 2.23. The molecule has 20 heavy (non-hydrogen) atoms. The van der Waals surface area contributed by atoms with E-state index in [9.17, 15) is 0 Å². The summed E-state index contributed by atoms with van der Waals surface area (Å²) < 4.78 is 6.92. The van der Waals surface area contributed by atoms with Gasteiger partial charge in [0.05, 0.1) is 0 Å². The lowest BCUT2D eigenvalue weighted by Crippen LogP contribution is -2.00. The third kappa shape index (κ3) is 3.84. The molecule has 106 valence electrons. The van der Waals surface area contributed by atoms with Crippen LogP contribution < -0.4 is 10.5 Å². The van der Waals surface area contributed by atoms with E-state index in [0.29, 0.717) is 19.1 Å². The molecule has 0 bridgehead atoms.